The summed E-state index contributed by atoms with van der Waals surface area (Å²) in [5.41, 5.74) is 1.62. The van der Waals surface area contributed by atoms with E-state index in [2.05, 4.69) is 0 Å². The van der Waals surface area contributed by atoms with Crippen molar-refractivity contribution in [1.82, 2.24) is 4.90 Å². The van der Waals surface area contributed by atoms with Gasteiger partial charge in [-0.3, -0.25) is 9.59 Å². The Bertz CT molecular complexity index is 988. The Morgan fingerprint density at radius 1 is 0.828 bits per heavy atom. The molecule has 1 aliphatic heterocycles. The molecular formula is C25H25NO3. The molecule has 0 N–H and O–H groups in total. The molecule has 3 aromatic carbocycles. The van der Waals surface area contributed by atoms with Crippen LogP contribution in [0.2, 0.25) is 0 Å². The fourth-order valence-corrected chi connectivity index (χ4v) is 3.94. The molecule has 1 amide bonds. The Balaban J connectivity index is 1.55. The lowest BCUT2D eigenvalue weighted by Crippen LogP contribution is -2.40. The largest absolute Gasteiger partial charge is 0.447 e. The van der Waals surface area contributed by atoms with Gasteiger partial charge in [-0.25, -0.2) is 0 Å². The Hall–Kier alpha value is -3.14. The highest BCUT2D eigenvalue weighted by Gasteiger charge is 2.30. The van der Waals surface area contributed by atoms with Crippen LogP contribution in [0.3, 0.4) is 0 Å². The van der Waals surface area contributed by atoms with Gasteiger partial charge in [-0.2, -0.15) is 0 Å². The second-order valence-electron chi connectivity index (χ2n) is 7.48. The van der Waals surface area contributed by atoms with E-state index in [1.807, 2.05) is 77.7 Å². The maximum atomic E-state index is 13.1. The first-order valence-corrected chi connectivity index (χ1v) is 10.2. The molecule has 29 heavy (non-hydrogen) atoms. The first-order chi connectivity index (χ1) is 14.2. The predicted molar refractivity (Wildman–Crippen MR) is 113 cm³/mol. The predicted octanol–water partition coefficient (Wildman–Crippen LogP) is 4.68. The molecule has 1 fully saturated rings. The lowest BCUT2D eigenvalue weighted by Gasteiger charge is -2.30. The third-order valence-electron chi connectivity index (χ3n) is 5.46. The van der Waals surface area contributed by atoms with Gasteiger partial charge in [0.2, 0.25) is 6.10 Å². The van der Waals surface area contributed by atoms with E-state index in [0.717, 1.165) is 48.7 Å². The summed E-state index contributed by atoms with van der Waals surface area (Å²) in [4.78, 5) is 27.8. The van der Waals surface area contributed by atoms with E-state index in [1.54, 1.807) is 0 Å². The highest BCUT2D eigenvalue weighted by atomic mass is 16.5. The third-order valence-corrected chi connectivity index (χ3v) is 5.46. The van der Waals surface area contributed by atoms with Crippen LogP contribution in [-0.2, 0) is 20.7 Å². The fourth-order valence-electron chi connectivity index (χ4n) is 3.94. The van der Waals surface area contributed by atoms with Crippen molar-refractivity contribution < 1.29 is 14.3 Å². The van der Waals surface area contributed by atoms with E-state index in [0.29, 0.717) is 5.56 Å². The number of carbonyl (C=O) groups is 2. The van der Waals surface area contributed by atoms with Crippen molar-refractivity contribution in [2.75, 3.05) is 13.1 Å². The molecule has 0 unspecified atom stereocenters. The molecule has 1 heterocycles. The molecule has 0 bridgehead atoms. The number of likely N-dealkylation sites (tertiary alicyclic amines) is 1. The standard InChI is InChI=1S/C25H25NO3/c27-23(18-21-14-9-13-19-10-5-6-15-22(19)21)29-24(20-11-3-1-4-12-20)25(28)26-16-7-2-8-17-26/h1,3-6,9-15,24H,2,7-8,16-18H2/t24-/m0/s1. The van der Waals surface area contributed by atoms with Crippen LogP contribution in [0.4, 0.5) is 0 Å². The Morgan fingerprint density at radius 3 is 2.31 bits per heavy atom. The topological polar surface area (TPSA) is 46.6 Å². The number of rotatable bonds is 5. The number of esters is 1. The van der Waals surface area contributed by atoms with Gasteiger partial charge in [0.15, 0.2) is 0 Å². The molecule has 4 nitrogen and oxygen atoms in total. The smallest absolute Gasteiger partial charge is 0.311 e. The van der Waals surface area contributed by atoms with Gasteiger partial charge >= 0.3 is 5.97 Å². The summed E-state index contributed by atoms with van der Waals surface area (Å²) in [5, 5.41) is 2.12. The first kappa shape index (κ1) is 19.2. The summed E-state index contributed by atoms with van der Waals surface area (Å²) < 4.78 is 5.77. The molecule has 0 radical (unpaired) electrons. The minimum atomic E-state index is -0.892. The fraction of sp³-hybridized carbons (Fsp3) is 0.280. The van der Waals surface area contributed by atoms with Gasteiger partial charge < -0.3 is 9.64 Å². The minimum absolute atomic E-state index is 0.123. The van der Waals surface area contributed by atoms with E-state index in [1.165, 1.54) is 0 Å². The van der Waals surface area contributed by atoms with E-state index in [-0.39, 0.29) is 18.3 Å². The van der Waals surface area contributed by atoms with Crippen LogP contribution in [-0.4, -0.2) is 29.9 Å². The molecule has 0 spiro atoms. The Kier molecular flexibility index (Phi) is 5.89. The van der Waals surface area contributed by atoms with Gasteiger partial charge in [0.25, 0.3) is 5.91 Å². The normalized spacial score (nSPS) is 15.1. The summed E-state index contributed by atoms with van der Waals surface area (Å²) in [6.07, 6.45) is 2.38. The van der Waals surface area contributed by atoms with Gasteiger partial charge in [-0.05, 0) is 35.6 Å². The number of benzene rings is 3. The number of hydrogen-bond donors (Lipinski definition) is 0. The molecular weight excluding hydrogens is 362 g/mol. The third kappa shape index (κ3) is 4.48. The number of ether oxygens (including phenoxy) is 1. The maximum Gasteiger partial charge on any atom is 0.311 e. The SMILES string of the molecule is O=C(Cc1cccc2ccccc12)O[C@H](C(=O)N1CCCCC1)c1ccccc1. The molecule has 0 saturated carbocycles. The van der Waals surface area contributed by atoms with Crippen molar-refractivity contribution in [3.8, 4) is 0 Å². The molecule has 1 atom stereocenters. The zero-order valence-corrected chi connectivity index (χ0v) is 16.4. The summed E-state index contributed by atoms with van der Waals surface area (Å²) in [6.45, 7) is 1.45. The summed E-state index contributed by atoms with van der Waals surface area (Å²) in [7, 11) is 0. The van der Waals surface area contributed by atoms with Crippen molar-refractivity contribution in [3.63, 3.8) is 0 Å². The second kappa shape index (κ2) is 8.91. The van der Waals surface area contributed by atoms with Gasteiger partial charge in [0.1, 0.15) is 0 Å². The Morgan fingerprint density at radius 2 is 1.52 bits per heavy atom. The number of amides is 1. The van der Waals surface area contributed by atoms with Crippen LogP contribution in [0.5, 0.6) is 0 Å². The monoisotopic (exact) mass is 387 g/mol. The molecule has 0 aliphatic carbocycles. The molecule has 1 aliphatic rings. The lowest BCUT2D eigenvalue weighted by atomic mass is 10.0. The van der Waals surface area contributed by atoms with Crippen molar-refractivity contribution >= 4 is 22.6 Å². The number of carbonyl (C=O) groups excluding carboxylic acids is 2. The number of piperidine rings is 1. The van der Waals surface area contributed by atoms with Gasteiger partial charge in [-0.1, -0.05) is 72.8 Å². The highest BCUT2D eigenvalue weighted by Crippen LogP contribution is 2.25. The van der Waals surface area contributed by atoms with Crippen LogP contribution < -0.4 is 0 Å². The van der Waals surface area contributed by atoms with Crippen LogP contribution in [0.1, 0.15) is 36.5 Å². The lowest BCUT2D eigenvalue weighted by molar-refractivity contribution is -0.160. The van der Waals surface area contributed by atoms with E-state index in [9.17, 15) is 9.59 Å². The summed E-state index contributed by atoms with van der Waals surface area (Å²) >= 11 is 0. The quantitative estimate of drug-likeness (QED) is 0.597. The van der Waals surface area contributed by atoms with E-state index in [4.69, 9.17) is 4.74 Å². The zero-order chi connectivity index (χ0) is 20.1. The van der Waals surface area contributed by atoms with Crippen molar-refractivity contribution in [2.45, 2.75) is 31.8 Å². The van der Waals surface area contributed by atoms with Crippen LogP contribution in [0.15, 0.2) is 72.8 Å². The molecule has 148 valence electrons. The zero-order valence-electron chi connectivity index (χ0n) is 16.4. The molecule has 0 aromatic heterocycles. The van der Waals surface area contributed by atoms with E-state index < -0.39 is 6.10 Å². The van der Waals surface area contributed by atoms with Crippen LogP contribution in [0, 0.1) is 0 Å². The number of nitrogens with zero attached hydrogens (tertiary/aromatic N) is 1. The molecule has 1 saturated heterocycles. The second-order valence-corrected chi connectivity index (χ2v) is 7.48. The van der Waals surface area contributed by atoms with Crippen molar-refractivity contribution in [3.05, 3.63) is 83.9 Å². The summed E-state index contributed by atoms with van der Waals surface area (Å²) in [5.74, 6) is -0.511. The van der Waals surface area contributed by atoms with Crippen LogP contribution >= 0.6 is 0 Å². The first-order valence-electron chi connectivity index (χ1n) is 10.2. The average molecular weight is 387 g/mol. The van der Waals surface area contributed by atoms with Crippen molar-refractivity contribution in [1.29, 1.82) is 0 Å². The average Bonchev–Trinajstić information content (AvgIpc) is 2.78. The van der Waals surface area contributed by atoms with Crippen molar-refractivity contribution in [2.24, 2.45) is 0 Å². The van der Waals surface area contributed by atoms with E-state index >= 15 is 0 Å². The summed E-state index contributed by atoms with van der Waals surface area (Å²) in [6, 6.07) is 23.2. The molecule has 4 rings (SSSR count). The van der Waals surface area contributed by atoms with Gasteiger partial charge in [-0.15, -0.1) is 0 Å². The molecule has 4 heteroatoms. The molecule has 3 aromatic rings. The number of fused-ring (bicyclic) bond motifs is 1. The maximum absolute atomic E-state index is 13.1. The van der Waals surface area contributed by atoms with Gasteiger partial charge in [0, 0.05) is 18.7 Å². The minimum Gasteiger partial charge on any atom is -0.447 e. The van der Waals surface area contributed by atoms with Crippen LogP contribution in [0.25, 0.3) is 10.8 Å². The Labute approximate surface area is 171 Å². The van der Waals surface area contributed by atoms with Gasteiger partial charge in [0.05, 0.1) is 6.42 Å². The number of hydrogen-bond acceptors (Lipinski definition) is 3. The highest BCUT2D eigenvalue weighted by molar-refractivity contribution is 5.90.